The molecule has 0 spiro atoms. The zero-order valence-corrected chi connectivity index (χ0v) is 8.24. The summed E-state index contributed by atoms with van der Waals surface area (Å²) in [5.41, 5.74) is 0.733. The first kappa shape index (κ1) is 11.4. The quantitative estimate of drug-likeness (QED) is 0.608. The van der Waals surface area contributed by atoms with Crippen LogP contribution in [0.2, 0.25) is 0 Å². The molecular formula is C11H11FO3. The number of aliphatic carboxylic acids is 1. The van der Waals surface area contributed by atoms with Crippen LogP contribution >= 0.6 is 0 Å². The van der Waals surface area contributed by atoms with Crippen molar-refractivity contribution < 1.29 is 19.1 Å². The van der Waals surface area contributed by atoms with Gasteiger partial charge in [-0.2, -0.15) is 0 Å². The van der Waals surface area contributed by atoms with Crippen LogP contribution in [0, 0.1) is 5.82 Å². The van der Waals surface area contributed by atoms with E-state index >= 15 is 0 Å². The monoisotopic (exact) mass is 210 g/mol. The highest BCUT2D eigenvalue weighted by Crippen LogP contribution is 2.18. The minimum atomic E-state index is -1.22. The van der Waals surface area contributed by atoms with Gasteiger partial charge in [-0.3, -0.25) is 4.79 Å². The second kappa shape index (κ2) is 4.68. The summed E-state index contributed by atoms with van der Waals surface area (Å²) in [6, 6.07) is 3.93. The molecule has 1 rings (SSSR count). The molecule has 15 heavy (non-hydrogen) atoms. The van der Waals surface area contributed by atoms with Crippen molar-refractivity contribution in [2.24, 2.45) is 0 Å². The van der Waals surface area contributed by atoms with Gasteiger partial charge in [0.2, 0.25) is 0 Å². The maximum Gasteiger partial charge on any atom is 0.318 e. The number of carbonyl (C=O) groups excluding carboxylic acids is 1. The average Bonchev–Trinajstić information content (AvgIpc) is 2.21. The molecule has 0 aliphatic heterocycles. The largest absolute Gasteiger partial charge is 0.480 e. The van der Waals surface area contributed by atoms with E-state index < -0.39 is 11.9 Å². The molecule has 80 valence electrons. The summed E-state index contributed by atoms with van der Waals surface area (Å²) in [5.74, 6) is -2.81. The Kier molecular flexibility index (Phi) is 3.55. The lowest BCUT2D eigenvalue weighted by Crippen LogP contribution is -2.13. The summed E-state index contributed by atoms with van der Waals surface area (Å²) >= 11 is 0. The fourth-order valence-corrected chi connectivity index (χ4v) is 1.34. The summed E-state index contributed by atoms with van der Waals surface area (Å²) in [4.78, 5) is 21.2. The second-order valence-electron chi connectivity index (χ2n) is 3.16. The highest BCUT2D eigenvalue weighted by Gasteiger charge is 2.19. The topological polar surface area (TPSA) is 54.4 Å². The van der Waals surface area contributed by atoms with Crippen molar-refractivity contribution in [3.05, 3.63) is 35.1 Å². The Morgan fingerprint density at radius 1 is 1.60 bits per heavy atom. The first-order chi connectivity index (χ1) is 7.10. The van der Waals surface area contributed by atoms with Gasteiger partial charge in [0, 0.05) is 0 Å². The molecule has 3 nitrogen and oxygen atoms in total. The first-order valence-corrected chi connectivity index (χ1v) is 4.56. The second-order valence-corrected chi connectivity index (χ2v) is 3.16. The van der Waals surface area contributed by atoms with Gasteiger partial charge >= 0.3 is 5.97 Å². The van der Waals surface area contributed by atoms with Crippen LogP contribution in [0.5, 0.6) is 0 Å². The van der Waals surface area contributed by atoms with Crippen LogP contribution < -0.4 is 0 Å². The minimum Gasteiger partial charge on any atom is -0.480 e. The minimum absolute atomic E-state index is 0.316. The molecule has 0 radical (unpaired) electrons. The van der Waals surface area contributed by atoms with Crippen molar-refractivity contribution in [3.63, 3.8) is 0 Å². The highest BCUT2D eigenvalue weighted by atomic mass is 19.1. The predicted molar refractivity (Wildman–Crippen MR) is 52.2 cm³/mol. The summed E-state index contributed by atoms with van der Waals surface area (Å²) in [7, 11) is 0. The van der Waals surface area contributed by atoms with Crippen molar-refractivity contribution in [3.8, 4) is 0 Å². The molecule has 0 saturated heterocycles. The number of rotatable bonds is 4. The number of hydrogen-bond donors (Lipinski definition) is 1. The first-order valence-electron chi connectivity index (χ1n) is 4.56. The summed E-state index contributed by atoms with van der Waals surface area (Å²) in [5, 5.41) is 8.73. The van der Waals surface area contributed by atoms with Gasteiger partial charge in [0.1, 0.15) is 18.0 Å². The summed E-state index contributed by atoms with van der Waals surface area (Å²) in [6.07, 6.45) is 0.805. The lowest BCUT2D eigenvalue weighted by molar-refractivity contribution is -0.140. The lowest BCUT2D eigenvalue weighted by atomic mass is 9.98. The lowest BCUT2D eigenvalue weighted by Gasteiger charge is -2.07. The number of carboxylic acids is 1. The van der Waals surface area contributed by atoms with Gasteiger partial charge in [0.15, 0.2) is 0 Å². The Balaban J connectivity index is 3.14. The fraction of sp³-hybridized carbons (Fsp3) is 0.273. The van der Waals surface area contributed by atoms with Crippen molar-refractivity contribution in [2.45, 2.75) is 19.3 Å². The molecule has 0 aromatic heterocycles. The van der Waals surface area contributed by atoms with Crippen LogP contribution in [0.3, 0.4) is 0 Å². The molecule has 0 fully saturated rings. The maximum absolute atomic E-state index is 13.1. The number of halogens is 1. The zero-order chi connectivity index (χ0) is 11.4. The molecule has 1 N–H and O–H groups in total. The van der Waals surface area contributed by atoms with Crippen molar-refractivity contribution in [2.75, 3.05) is 0 Å². The van der Waals surface area contributed by atoms with Crippen LogP contribution in [0.15, 0.2) is 18.2 Å². The van der Waals surface area contributed by atoms with Crippen LogP contribution in [0.4, 0.5) is 4.39 Å². The van der Waals surface area contributed by atoms with E-state index in [1.807, 2.05) is 0 Å². The molecule has 0 aliphatic carbocycles. The standard InChI is InChI=1S/C11H11FO3/c1-2-7-5-8(3-4-10(7)12)9(6-13)11(14)15/h3-6,9H,2H2,1H3,(H,14,15). The molecule has 0 bridgehead atoms. The number of aldehydes is 1. The van der Waals surface area contributed by atoms with Gasteiger partial charge in [-0.25, -0.2) is 4.39 Å². The molecule has 0 amide bonds. The smallest absolute Gasteiger partial charge is 0.318 e. The van der Waals surface area contributed by atoms with Gasteiger partial charge in [-0.1, -0.05) is 19.1 Å². The highest BCUT2D eigenvalue weighted by molar-refractivity contribution is 5.92. The molecular weight excluding hydrogens is 199 g/mol. The Hall–Kier alpha value is -1.71. The van der Waals surface area contributed by atoms with E-state index in [9.17, 15) is 14.0 Å². The summed E-state index contributed by atoms with van der Waals surface area (Å²) in [6.45, 7) is 1.76. The molecule has 0 saturated carbocycles. The van der Waals surface area contributed by atoms with Gasteiger partial charge in [0.05, 0.1) is 0 Å². The Morgan fingerprint density at radius 2 is 2.27 bits per heavy atom. The third kappa shape index (κ3) is 2.40. The molecule has 4 heteroatoms. The van der Waals surface area contributed by atoms with Crippen LogP contribution in [-0.2, 0) is 16.0 Å². The third-order valence-corrected chi connectivity index (χ3v) is 2.21. The van der Waals surface area contributed by atoms with Crippen molar-refractivity contribution >= 4 is 12.3 Å². The van der Waals surface area contributed by atoms with Crippen molar-refractivity contribution in [1.29, 1.82) is 0 Å². The average molecular weight is 210 g/mol. The van der Waals surface area contributed by atoms with E-state index in [0.29, 0.717) is 23.8 Å². The van der Waals surface area contributed by atoms with Gasteiger partial charge in [-0.05, 0) is 23.6 Å². The van der Waals surface area contributed by atoms with Gasteiger partial charge < -0.3 is 9.90 Å². The SMILES string of the molecule is CCc1cc(C(C=O)C(=O)O)ccc1F. The maximum atomic E-state index is 13.1. The van der Waals surface area contributed by atoms with Crippen LogP contribution in [0.1, 0.15) is 24.0 Å². The molecule has 0 aliphatic rings. The van der Waals surface area contributed by atoms with E-state index in [4.69, 9.17) is 5.11 Å². The number of hydrogen-bond acceptors (Lipinski definition) is 2. The van der Waals surface area contributed by atoms with Gasteiger partial charge in [0.25, 0.3) is 0 Å². The van der Waals surface area contributed by atoms with Gasteiger partial charge in [-0.15, -0.1) is 0 Å². The van der Waals surface area contributed by atoms with E-state index in [2.05, 4.69) is 0 Å². The molecule has 1 unspecified atom stereocenters. The van der Waals surface area contributed by atoms with Crippen LogP contribution in [-0.4, -0.2) is 17.4 Å². The molecule has 0 heterocycles. The fourth-order valence-electron chi connectivity index (χ4n) is 1.34. The van der Waals surface area contributed by atoms with Crippen LogP contribution in [0.25, 0.3) is 0 Å². The number of carbonyl (C=O) groups is 2. The third-order valence-electron chi connectivity index (χ3n) is 2.21. The molecule has 1 aromatic rings. The van der Waals surface area contributed by atoms with E-state index in [0.717, 1.165) is 0 Å². The molecule has 1 atom stereocenters. The summed E-state index contributed by atoms with van der Waals surface area (Å²) < 4.78 is 13.1. The Labute approximate surface area is 86.5 Å². The van der Waals surface area contributed by atoms with E-state index in [-0.39, 0.29) is 5.82 Å². The predicted octanol–water partition coefficient (Wildman–Crippen LogP) is 1.76. The van der Waals surface area contributed by atoms with E-state index in [1.54, 1.807) is 6.92 Å². The Bertz CT molecular complexity index is 387. The van der Waals surface area contributed by atoms with Crippen molar-refractivity contribution in [1.82, 2.24) is 0 Å². The Morgan fingerprint density at radius 3 is 2.73 bits per heavy atom. The number of aryl methyl sites for hydroxylation is 1. The number of carboxylic acid groups (broad SMARTS) is 1. The zero-order valence-electron chi connectivity index (χ0n) is 8.24. The number of benzene rings is 1. The normalized spacial score (nSPS) is 12.1. The van der Waals surface area contributed by atoms with E-state index in [1.165, 1.54) is 18.2 Å². The molecule has 1 aromatic carbocycles.